The van der Waals surface area contributed by atoms with Crippen molar-refractivity contribution in [2.24, 2.45) is 0 Å². The first-order valence-electron chi connectivity index (χ1n) is 23.3. The molecule has 0 N–H and O–H groups in total. The van der Waals surface area contributed by atoms with Gasteiger partial charge in [0, 0.05) is 76.5 Å². The zero-order valence-electron chi connectivity index (χ0n) is 38.7. The molecule has 4 heteroatoms. The van der Waals surface area contributed by atoms with Crippen molar-refractivity contribution in [3.63, 3.8) is 0 Å². The van der Waals surface area contributed by atoms with Crippen LogP contribution in [0.2, 0.25) is 0 Å². The summed E-state index contributed by atoms with van der Waals surface area (Å²) in [6.45, 7) is 13.9. The highest BCUT2D eigenvalue weighted by Gasteiger charge is 2.37. The van der Waals surface area contributed by atoms with E-state index < -0.39 is 0 Å². The Labute approximate surface area is 398 Å². The highest BCUT2D eigenvalue weighted by atomic mass is 32.2. The average Bonchev–Trinajstić information content (AvgIpc) is 3.35. The van der Waals surface area contributed by atoms with Gasteiger partial charge in [-0.2, -0.15) is 0 Å². The first-order chi connectivity index (χ1) is 32.5. The van der Waals surface area contributed by atoms with Crippen LogP contribution >= 0.6 is 11.8 Å². The number of hydrogen-bond acceptors (Lipinski definition) is 4. The van der Waals surface area contributed by atoms with Gasteiger partial charge in [0.05, 0.1) is 0 Å². The van der Waals surface area contributed by atoms with E-state index in [1.807, 2.05) is 11.8 Å². The average molecular weight is 886 g/mol. The molecule has 9 aromatic rings. The van der Waals surface area contributed by atoms with E-state index in [1.165, 1.54) is 54.3 Å². The third-order valence-electron chi connectivity index (χ3n) is 14.7. The summed E-state index contributed by atoms with van der Waals surface area (Å²) in [5, 5.41) is 0. The fourth-order valence-electron chi connectivity index (χ4n) is 10.9. The predicted octanol–water partition coefficient (Wildman–Crippen LogP) is 17.8. The Balaban J connectivity index is 0.935. The Morgan fingerprint density at radius 1 is 0.328 bits per heavy atom. The van der Waals surface area contributed by atoms with Crippen LogP contribution in [0.1, 0.15) is 74.9 Å². The summed E-state index contributed by atoms with van der Waals surface area (Å²) in [7, 11) is 0. The van der Waals surface area contributed by atoms with Gasteiger partial charge in [-0.1, -0.05) is 199 Å². The molecule has 9 aromatic carbocycles. The maximum Gasteiger partial charge on any atom is 0.139 e. The number of anilines is 3. The van der Waals surface area contributed by atoms with E-state index in [2.05, 4.69) is 247 Å². The minimum Gasteiger partial charge on any atom is -0.456 e. The van der Waals surface area contributed by atoms with Crippen LogP contribution in [0.3, 0.4) is 0 Å². The standard InChI is InChI=1S/C63H51NO2S/c1-61(2)49-19-7-10-25-55(49)65-58-46(16-13-22-52(58)61)40-28-34-43(35-29-40)64(44-36-30-41(31-37-44)47-17-14-23-53-59(47)66-56-26-11-8-20-50(56)62(53,3)4)45-38-32-42(33-39-45)48-18-15-24-54-60(48)67-57-27-12-9-21-51(57)63(54,5)6/h7-39H,1-6H3. The van der Waals surface area contributed by atoms with E-state index in [1.54, 1.807) is 0 Å². The SMILES string of the molecule is CC1(C)c2ccccc2Oc2c(-c3ccc(N(c4ccc(-c5cccc6c5Oc5ccccc5C6(C)C)cc4)c4ccc(-c5cccc6c5Sc5ccccc5C6(C)C)cc4)cc3)cccc21. The smallest absolute Gasteiger partial charge is 0.139 e. The molecule has 3 heterocycles. The summed E-state index contributed by atoms with van der Waals surface area (Å²) >= 11 is 1.89. The molecular formula is C63H51NO2S. The summed E-state index contributed by atoms with van der Waals surface area (Å²) in [5.41, 5.74) is 17.1. The number of ether oxygens (including phenoxy) is 2. The van der Waals surface area contributed by atoms with Gasteiger partial charge in [-0.25, -0.2) is 0 Å². The quantitative estimate of drug-likeness (QED) is 0.166. The summed E-state index contributed by atoms with van der Waals surface area (Å²) in [6, 6.07) is 72.6. The van der Waals surface area contributed by atoms with Crippen LogP contribution in [0.4, 0.5) is 17.1 Å². The zero-order valence-corrected chi connectivity index (χ0v) is 39.5. The summed E-state index contributed by atoms with van der Waals surface area (Å²) in [6.07, 6.45) is 0. The molecule has 0 atom stereocenters. The van der Waals surface area contributed by atoms with Gasteiger partial charge in [0.1, 0.15) is 23.0 Å². The number of fused-ring (bicyclic) bond motifs is 6. The molecule has 3 nitrogen and oxygen atoms in total. The molecule has 0 aromatic heterocycles. The predicted molar refractivity (Wildman–Crippen MR) is 277 cm³/mol. The van der Waals surface area contributed by atoms with E-state index in [-0.39, 0.29) is 16.2 Å². The molecule has 67 heavy (non-hydrogen) atoms. The Morgan fingerprint density at radius 3 is 1.16 bits per heavy atom. The first-order valence-corrected chi connectivity index (χ1v) is 24.1. The van der Waals surface area contributed by atoms with E-state index in [0.717, 1.165) is 62.3 Å². The molecule has 3 aliphatic heterocycles. The van der Waals surface area contributed by atoms with E-state index >= 15 is 0 Å². The molecule has 326 valence electrons. The number of benzene rings is 9. The Bertz CT molecular complexity index is 3040. The van der Waals surface area contributed by atoms with Crippen molar-refractivity contribution >= 4 is 28.8 Å². The Kier molecular flexibility index (Phi) is 9.47. The first kappa shape index (κ1) is 41.2. The highest BCUT2D eigenvalue weighted by Crippen LogP contribution is 2.55. The van der Waals surface area contributed by atoms with Gasteiger partial charge in [0.2, 0.25) is 0 Å². The van der Waals surface area contributed by atoms with Gasteiger partial charge >= 0.3 is 0 Å². The van der Waals surface area contributed by atoms with Gasteiger partial charge in [0.25, 0.3) is 0 Å². The molecule has 0 aliphatic carbocycles. The van der Waals surface area contributed by atoms with Crippen molar-refractivity contribution in [2.75, 3.05) is 4.90 Å². The van der Waals surface area contributed by atoms with Crippen molar-refractivity contribution in [2.45, 2.75) is 67.6 Å². The van der Waals surface area contributed by atoms with E-state index in [0.29, 0.717) is 0 Å². The van der Waals surface area contributed by atoms with Gasteiger partial charge in [0.15, 0.2) is 0 Å². The van der Waals surface area contributed by atoms with Crippen LogP contribution in [0.15, 0.2) is 210 Å². The number of para-hydroxylation sites is 4. The zero-order chi connectivity index (χ0) is 45.7. The molecule has 0 amide bonds. The minimum absolute atomic E-state index is 0.0972. The van der Waals surface area contributed by atoms with E-state index in [4.69, 9.17) is 9.47 Å². The monoisotopic (exact) mass is 885 g/mol. The fourth-order valence-corrected chi connectivity index (χ4v) is 12.4. The number of rotatable bonds is 6. The molecule has 3 aliphatic rings. The van der Waals surface area contributed by atoms with Gasteiger partial charge in [-0.15, -0.1) is 0 Å². The molecular weight excluding hydrogens is 835 g/mol. The fraction of sp³-hybridized carbons (Fsp3) is 0.143. The van der Waals surface area contributed by atoms with Crippen LogP contribution in [0.25, 0.3) is 33.4 Å². The van der Waals surface area contributed by atoms with Crippen molar-refractivity contribution in [1.29, 1.82) is 0 Å². The molecule has 0 unspecified atom stereocenters. The second-order valence-corrected chi connectivity index (χ2v) is 20.7. The Morgan fingerprint density at radius 2 is 0.687 bits per heavy atom. The number of hydrogen-bond donors (Lipinski definition) is 0. The second kappa shape index (κ2) is 15.4. The largest absolute Gasteiger partial charge is 0.456 e. The molecule has 0 saturated heterocycles. The third kappa shape index (κ3) is 6.56. The molecule has 0 bridgehead atoms. The van der Waals surface area contributed by atoms with Crippen molar-refractivity contribution < 1.29 is 9.47 Å². The molecule has 0 fully saturated rings. The number of nitrogens with zero attached hydrogens (tertiary/aromatic N) is 1. The third-order valence-corrected chi connectivity index (χ3v) is 15.9. The normalized spacial score (nSPS) is 15.3. The van der Waals surface area contributed by atoms with Gasteiger partial charge in [-0.3, -0.25) is 0 Å². The molecule has 0 saturated carbocycles. The second-order valence-electron chi connectivity index (χ2n) is 19.7. The Hall–Kier alpha value is -7.27. The molecule has 12 rings (SSSR count). The lowest BCUT2D eigenvalue weighted by atomic mass is 9.75. The van der Waals surface area contributed by atoms with Crippen LogP contribution in [-0.4, -0.2) is 0 Å². The topological polar surface area (TPSA) is 21.7 Å². The lowest BCUT2D eigenvalue weighted by molar-refractivity contribution is 0.419. The van der Waals surface area contributed by atoms with Crippen molar-refractivity contribution in [3.05, 3.63) is 234 Å². The lowest BCUT2D eigenvalue weighted by Crippen LogP contribution is -2.24. The molecule has 0 radical (unpaired) electrons. The van der Waals surface area contributed by atoms with Crippen LogP contribution in [-0.2, 0) is 16.2 Å². The maximum atomic E-state index is 6.72. The summed E-state index contributed by atoms with van der Waals surface area (Å²) < 4.78 is 13.4. The summed E-state index contributed by atoms with van der Waals surface area (Å²) in [5.74, 6) is 3.69. The molecule has 0 spiro atoms. The van der Waals surface area contributed by atoms with Gasteiger partial charge < -0.3 is 14.4 Å². The van der Waals surface area contributed by atoms with Crippen molar-refractivity contribution in [1.82, 2.24) is 0 Å². The maximum absolute atomic E-state index is 6.72. The minimum atomic E-state index is -0.195. The van der Waals surface area contributed by atoms with Crippen LogP contribution < -0.4 is 14.4 Å². The van der Waals surface area contributed by atoms with Crippen molar-refractivity contribution in [3.8, 4) is 56.4 Å². The van der Waals surface area contributed by atoms with E-state index in [9.17, 15) is 0 Å². The lowest BCUT2D eigenvalue weighted by Gasteiger charge is -2.35. The van der Waals surface area contributed by atoms with Gasteiger partial charge in [-0.05, 0) is 88.0 Å². The van der Waals surface area contributed by atoms with Crippen LogP contribution in [0.5, 0.6) is 23.0 Å². The van der Waals surface area contributed by atoms with Crippen LogP contribution in [0, 0.1) is 0 Å². The summed E-state index contributed by atoms with van der Waals surface area (Å²) in [4.78, 5) is 5.02. The highest BCUT2D eigenvalue weighted by molar-refractivity contribution is 7.99.